The van der Waals surface area contributed by atoms with Gasteiger partial charge < -0.3 is 15.7 Å². The van der Waals surface area contributed by atoms with Gasteiger partial charge in [0.15, 0.2) is 9.84 Å². The minimum atomic E-state index is -3.21. The molecule has 0 aliphatic rings. The molecule has 0 aromatic heterocycles. The molecule has 1 aromatic carbocycles. The third-order valence-corrected chi connectivity index (χ3v) is 3.50. The van der Waals surface area contributed by atoms with Crippen molar-refractivity contribution in [2.45, 2.75) is 17.9 Å². The Morgan fingerprint density at radius 1 is 1.28 bits per heavy atom. The Kier molecular flexibility index (Phi) is 5.58. The maximum Gasteiger partial charge on any atom is 0.177 e. The van der Waals surface area contributed by atoms with Gasteiger partial charge in [0.1, 0.15) is 0 Å². The lowest BCUT2D eigenvalue weighted by Crippen LogP contribution is -2.29. The van der Waals surface area contributed by atoms with E-state index in [1.165, 1.54) is 6.26 Å². The van der Waals surface area contributed by atoms with Gasteiger partial charge in [-0.05, 0) is 19.1 Å². The van der Waals surface area contributed by atoms with Crippen LogP contribution in [0.2, 0.25) is 0 Å². The number of aliphatic hydroxyl groups is 1. The molecule has 1 aromatic rings. The van der Waals surface area contributed by atoms with Crippen LogP contribution in [0.5, 0.6) is 0 Å². The molecule has 0 aliphatic heterocycles. The van der Waals surface area contributed by atoms with Gasteiger partial charge in [-0.3, -0.25) is 0 Å². The molecule has 0 radical (unpaired) electrons. The van der Waals surface area contributed by atoms with Crippen LogP contribution in [0, 0.1) is 0 Å². The third kappa shape index (κ3) is 5.03. The lowest BCUT2D eigenvalue weighted by atomic mass is 10.3. The Bertz CT molecular complexity index is 472. The zero-order chi connectivity index (χ0) is 13.6. The fraction of sp³-hybridized carbons (Fsp3) is 0.500. The van der Waals surface area contributed by atoms with Gasteiger partial charge in [0, 0.05) is 25.9 Å². The summed E-state index contributed by atoms with van der Waals surface area (Å²) in [4.78, 5) is 0.306. The van der Waals surface area contributed by atoms with Gasteiger partial charge >= 0.3 is 0 Å². The van der Waals surface area contributed by atoms with Crippen LogP contribution in [0.1, 0.15) is 6.92 Å². The lowest BCUT2D eigenvalue weighted by Gasteiger charge is -2.11. The molecule has 0 fully saturated rings. The molecule has 6 heteroatoms. The highest BCUT2D eigenvalue weighted by Crippen LogP contribution is 2.19. The van der Waals surface area contributed by atoms with E-state index in [0.29, 0.717) is 30.2 Å². The maximum atomic E-state index is 11.5. The molecule has 0 spiro atoms. The SMILES string of the molecule is CC(O)CNCCNc1ccccc1S(C)(=O)=O. The number of aliphatic hydroxyl groups excluding tert-OH is 1. The van der Waals surface area contributed by atoms with Gasteiger partial charge in [-0.2, -0.15) is 0 Å². The number of anilines is 1. The summed E-state index contributed by atoms with van der Waals surface area (Å²) in [7, 11) is -3.21. The molecule has 18 heavy (non-hydrogen) atoms. The molecule has 1 unspecified atom stereocenters. The Morgan fingerprint density at radius 2 is 1.94 bits per heavy atom. The first kappa shape index (κ1) is 14.9. The van der Waals surface area contributed by atoms with Gasteiger partial charge in [0.25, 0.3) is 0 Å². The van der Waals surface area contributed by atoms with Crippen molar-refractivity contribution in [3.63, 3.8) is 0 Å². The van der Waals surface area contributed by atoms with Crippen molar-refractivity contribution < 1.29 is 13.5 Å². The monoisotopic (exact) mass is 272 g/mol. The second-order valence-corrected chi connectivity index (χ2v) is 6.23. The molecule has 0 saturated heterocycles. The van der Waals surface area contributed by atoms with Crippen molar-refractivity contribution in [1.29, 1.82) is 0 Å². The first-order valence-corrected chi connectivity index (χ1v) is 7.72. The van der Waals surface area contributed by atoms with Crippen LogP contribution in [0.4, 0.5) is 5.69 Å². The highest BCUT2D eigenvalue weighted by molar-refractivity contribution is 7.90. The average molecular weight is 272 g/mol. The highest BCUT2D eigenvalue weighted by Gasteiger charge is 2.11. The topological polar surface area (TPSA) is 78.4 Å². The van der Waals surface area contributed by atoms with E-state index in [1.807, 2.05) is 0 Å². The number of sulfone groups is 1. The number of para-hydroxylation sites is 1. The van der Waals surface area contributed by atoms with E-state index in [2.05, 4.69) is 10.6 Å². The summed E-state index contributed by atoms with van der Waals surface area (Å²) < 4.78 is 23.1. The van der Waals surface area contributed by atoms with Crippen LogP contribution in [0.25, 0.3) is 0 Å². The molecule has 0 heterocycles. The molecule has 1 atom stereocenters. The second kappa shape index (κ2) is 6.72. The molecule has 0 bridgehead atoms. The number of benzene rings is 1. The van der Waals surface area contributed by atoms with E-state index in [1.54, 1.807) is 31.2 Å². The van der Waals surface area contributed by atoms with Gasteiger partial charge in [0.05, 0.1) is 16.7 Å². The fourth-order valence-electron chi connectivity index (χ4n) is 1.53. The third-order valence-electron chi connectivity index (χ3n) is 2.34. The van der Waals surface area contributed by atoms with E-state index < -0.39 is 9.84 Å². The van der Waals surface area contributed by atoms with Crippen molar-refractivity contribution in [2.24, 2.45) is 0 Å². The van der Waals surface area contributed by atoms with E-state index in [-0.39, 0.29) is 6.10 Å². The molecular formula is C12H20N2O3S. The van der Waals surface area contributed by atoms with E-state index >= 15 is 0 Å². The van der Waals surface area contributed by atoms with Crippen molar-refractivity contribution in [3.05, 3.63) is 24.3 Å². The standard InChI is InChI=1S/C12H20N2O3S/c1-10(15)9-13-7-8-14-11-5-3-4-6-12(11)18(2,16)17/h3-6,10,13-15H,7-9H2,1-2H3. The zero-order valence-electron chi connectivity index (χ0n) is 10.7. The minimum absolute atomic E-state index is 0.306. The van der Waals surface area contributed by atoms with Crippen LogP contribution >= 0.6 is 0 Å². The van der Waals surface area contributed by atoms with Crippen molar-refractivity contribution >= 4 is 15.5 Å². The maximum absolute atomic E-state index is 11.5. The van der Waals surface area contributed by atoms with Crippen LogP contribution in [-0.2, 0) is 9.84 Å². The van der Waals surface area contributed by atoms with Gasteiger partial charge in [-0.15, -0.1) is 0 Å². The predicted octanol–water partition coefficient (Wildman–Crippen LogP) is 0.472. The van der Waals surface area contributed by atoms with Crippen LogP contribution in [0.15, 0.2) is 29.2 Å². The molecule has 0 saturated carbocycles. The molecule has 0 aliphatic carbocycles. The van der Waals surface area contributed by atoms with E-state index in [4.69, 9.17) is 5.11 Å². The quantitative estimate of drug-likeness (QED) is 0.629. The normalized spacial score (nSPS) is 13.3. The fourth-order valence-corrected chi connectivity index (χ4v) is 2.40. The number of hydrogen-bond acceptors (Lipinski definition) is 5. The number of rotatable bonds is 7. The largest absolute Gasteiger partial charge is 0.392 e. The Labute approximate surface area is 108 Å². The van der Waals surface area contributed by atoms with Crippen LogP contribution in [0.3, 0.4) is 0 Å². The Hall–Kier alpha value is -1.11. The summed E-state index contributed by atoms with van der Waals surface area (Å²) in [5, 5.41) is 15.2. The lowest BCUT2D eigenvalue weighted by molar-refractivity contribution is 0.192. The van der Waals surface area contributed by atoms with Gasteiger partial charge in [0.2, 0.25) is 0 Å². The van der Waals surface area contributed by atoms with Crippen LogP contribution < -0.4 is 10.6 Å². The van der Waals surface area contributed by atoms with Gasteiger partial charge in [-0.1, -0.05) is 12.1 Å². The van der Waals surface area contributed by atoms with Crippen molar-refractivity contribution in [1.82, 2.24) is 5.32 Å². The summed E-state index contributed by atoms with van der Waals surface area (Å²) >= 11 is 0. The first-order valence-electron chi connectivity index (χ1n) is 5.83. The minimum Gasteiger partial charge on any atom is -0.392 e. The summed E-state index contributed by atoms with van der Waals surface area (Å²) in [5.74, 6) is 0. The smallest absolute Gasteiger partial charge is 0.177 e. The number of hydrogen-bond donors (Lipinski definition) is 3. The Morgan fingerprint density at radius 3 is 2.56 bits per heavy atom. The molecule has 0 amide bonds. The summed E-state index contributed by atoms with van der Waals surface area (Å²) in [6.07, 6.45) is 0.812. The second-order valence-electron chi connectivity index (χ2n) is 4.25. The van der Waals surface area contributed by atoms with Gasteiger partial charge in [-0.25, -0.2) is 8.42 Å². The molecular weight excluding hydrogens is 252 g/mol. The van der Waals surface area contributed by atoms with Crippen LogP contribution in [-0.4, -0.2) is 45.5 Å². The van der Waals surface area contributed by atoms with Crippen molar-refractivity contribution in [2.75, 3.05) is 31.2 Å². The molecule has 1 rings (SSSR count). The van der Waals surface area contributed by atoms with Crippen molar-refractivity contribution in [3.8, 4) is 0 Å². The predicted molar refractivity (Wildman–Crippen MR) is 72.6 cm³/mol. The average Bonchev–Trinajstić information content (AvgIpc) is 2.27. The molecule has 3 N–H and O–H groups in total. The van der Waals surface area contributed by atoms with E-state index in [9.17, 15) is 8.42 Å². The first-order chi connectivity index (χ1) is 8.41. The molecule has 102 valence electrons. The highest BCUT2D eigenvalue weighted by atomic mass is 32.2. The summed E-state index contributed by atoms with van der Waals surface area (Å²) in [6, 6.07) is 6.82. The van der Waals surface area contributed by atoms with E-state index in [0.717, 1.165) is 0 Å². The summed E-state index contributed by atoms with van der Waals surface area (Å²) in [5.41, 5.74) is 0.610. The molecule has 5 nitrogen and oxygen atoms in total. The summed E-state index contributed by atoms with van der Waals surface area (Å²) in [6.45, 7) is 3.48. The Balaban J connectivity index is 2.53. The number of nitrogens with one attached hydrogen (secondary N) is 2. The zero-order valence-corrected chi connectivity index (χ0v) is 11.5.